The van der Waals surface area contributed by atoms with E-state index in [0.717, 1.165) is 6.42 Å². The van der Waals surface area contributed by atoms with Crippen LogP contribution in [0.4, 0.5) is 0 Å². The Morgan fingerprint density at radius 3 is 2.67 bits per heavy atom. The molecule has 3 nitrogen and oxygen atoms in total. The molecule has 1 aromatic rings. The molecule has 98 valence electrons. The number of rotatable bonds is 7. The Bertz CT molecular complexity index is 387. The van der Waals surface area contributed by atoms with E-state index in [1.807, 2.05) is 0 Å². The fourth-order valence-corrected chi connectivity index (χ4v) is 2.13. The monoisotopic (exact) mass is 264 g/mol. The summed E-state index contributed by atoms with van der Waals surface area (Å²) < 4.78 is 0. The average Bonchev–Trinajstić information content (AvgIpc) is 3.21. The molecule has 4 heteroatoms. The van der Waals surface area contributed by atoms with E-state index in [2.05, 4.69) is 41.2 Å². The van der Waals surface area contributed by atoms with Crippen LogP contribution in [0.3, 0.4) is 0 Å². The zero-order valence-corrected chi connectivity index (χ0v) is 11.6. The zero-order valence-electron chi connectivity index (χ0n) is 10.7. The van der Waals surface area contributed by atoms with Crippen molar-refractivity contribution < 1.29 is 4.79 Å². The number of hydrogen-bond donors (Lipinski definition) is 2. The molecule has 1 aliphatic rings. The minimum Gasteiger partial charge on any atom is -0.355 e. The maximum Gasteiger partial charge on any atom is 0.233 e. The fourth-order valence-electron chi connectivity index (χ4n) is 1.73. The fraction of sp³-hybridized carbons (Fsp3) is 0.500. The van der Waals surface area contributed by atoms with Crippen molar-refractivity contribution in [1.29, 1.82) is 0 Å². The number of carbonyl (C=O) groups is 1. The van der Waals surface area contributed by atoms with E-state index in [0.29, 0.717) is 19.1 Å². The molecule has 1 saturated carbocycles. The van der Waals surface area contributed by atoms with E-state index >= 15 is 0 Å². The van der Waals surface area contributed by atoms with Crippen LogP contribution in [-0.4, -0.2) is 31.3 Å². The molecule has 0 heterocycles. The predicted molar refractivity (Wildman–Crippen MR) is 76.0 cm³/mol. The van der Waals surface area contributed by atoms with Crippen LogP contribution < -0.4 is 10.6 Å². The molecule has 0 spiro atoms. The van der Waals surface area contributed by atoms with Gasteiger partial charge in [-0.15, -0.1) is 11.8 Å². The predicted octanol–water partition coefficient (Wildman–Crippen LogP) is 1.82. The highest BCUT2D eigenvalue weighted by atomic mass is 32.2. The van der Waals surface area contributed by atoms with Crippen molar-refractivity contribution >= 4 is 17.7 Å². The van der Waals surface area contributed by atoms with Gasteiger partial charge in [0.15, 0.2) is 0 Å². The number of carbonyl (C=O) groups excluding carboxylic acids is 1. The summed E-state index contributed by atoms with van der Waals surface area (Å²) in [4.78, 5) is 12.8. The standard InChI is InChI=1S/C14H20N2OS/c1-18-13-6-2-11(3-7-13)8-9-15-14(17)10-16-12-4-5-12/h2-3,6-7,12,16H,4-5,8-10H2,1H3,(H,15,17). The Balaban J connectivity index is 1.62. The van der Waals surface area contributed by atoms with E-state index in [4.69, 9.17) is 0 Å². The average molecular weight is 264 g/mol. The third kappa shape index (κ3) is 4.70. The minimum atomic E-state index is 0.0997. The van der Waals surface area contributed by atoms with E-state index < -0.39 is 0 Å². The first kappa shape index (κ1) is 13.4. The summed E-state index contributed by atoms with van der Waals surface area (Å²) in [6, 6.07) is 9.09. The Labute approximate surface area is 113 Å². The SMILES string of the molecule is CSc1ccc(CCNC(=O)CNC2CC2)cc1. The number of nitrogens with one attached hydrogen (secondary N) is 2. The summed E-state index contributed by atoms with van der Waals surface area (Å²) in [6.45, 7) is 1.17. The van der Waals surface area contributed by atoms with Crippen molar-refractivity contribution in [2.24, 2.45) is 0 Å². The Hall–Kier alpha value is -1.00. The Morgan fingerprint density at radius 1 is 1.33 bits per heavy atom. The van der Waals surface area contributed by atoms with Crippen molar-refractivity contribution in [2.45, 2.75) is 30.2 Å². The molecule has 0 aromatic heterocycles. The summed E-state index contributed by atoms with van der Waals surface area (Å²) in [5, 5.41) is 6.14. The van der Waals surface area contributed by atoms with Crippen molar-refractivity contribution in [3.63, 3.8) is 0 Å². The lowest BCUT2D eigenvalue weighted by molar-refractivity contribution is -0.120. The maximum atomic E-state index is 11.5. The molecule has 2 rings (SSSR count). The Kier molecular flexibility index (Phi) is 5.08. The maximum absolute atomic E-state index is 11.5. The third-order valence-corrected chi connectivity index (χ3v) is 3.77. The highest BCUT2D eigenvalue weighted by molar-refractivity contribution is 7.98. The minimum absolute atomic E-state index is 0.0997. The summed E-state index contributed by atoms with van der Waals surface area (Å²) in [6.07, 6.45) is 5.40. The topological polar surface area (TPSA) is 41.1 Å². The second-order valence-corrected chi connectivity index (χ2v) is 5.48. The van der Waals surface area contributed by atoms with Gasteiger partial charge in [0.05, 0.1) is 6.54 Å². The molecule has 1 aromatic carbocycles. The zero-order chi connectivity index (χ0) is 12.8. The summed E-state index contributed by atoms with van der Waals surface area (Å²) in [5.74, 6) is 0.0997. The van der Waals surface area contributed by atoms with Gasteiger partial charge in [-0.05, 0) is 43.2 Å². The normalized spacial score (nSPS) is 14.5. The second kappa shape index (κ2) is 6.81. The van der Waals surface area contributed by atoms with E-state index in [9.17, 15) is 4.79 Å². The molecule has 2 N–H and O–H groups in total. The molecular formula is C14H20N2OS. The number of thioether (sulfide) groups is 1. The molecule has 0 unspecified atom stereocenters. The Morgan fingerprint density at radius 2 is 2.06 bits per heavy atom. The van der Waals surface area contributed by atoms with Crippen LogP contribution in [0.15, 0.2) is 29.2 Å². The van der Waals surface area contributed by atoms with Crippen LogP contribution in [0, 0.1) is 0 Å². The summed E-state index contributed by atoms with van der Waals surface area (Å²) in [5.41, 5.74) is 1.27. The molecule has 1 amide bonds. The van der Waals surface area contributed by atoms with Gasteiger partial charge in [0.2, 0.25) is 5.91 Å². The molecule has 0 saturated heterocycles. The molecule has 0 aliphatic heterocycles. The molecule has 0 radical (unpaired) electrons. The summed E-state index contributed by atoms with van der Waals surface area (Å²) >= 11 is 1.74. The van der Waals surface area contributed by atoms with Gasteiger partial charge in [-0.25, -0.2) is 0 Å². The molecular weight excluding hydrogens is 244 g/mol. The van der Waals surface area contributed by atoms with Gasteiger partial charge in [-0.2, -0.15) is 0 Å². The van der Waals surface area contributed by atoms with Crippen molar-refractivity contribution in [3.8, 4) is 0 Å². The second-order valence-electron chi connectivity index (χ2n) is 4.60. The first-order valence-electron chi connectivity index (χ1n) is 6.41. The van der Waals surface area contributed by atoms with Gasteiger partial charge < -0.3 is 10.6 Å². The van der Waals surface area contributed by atoms with Crippen LogP contribution in [0.1, 0.15) is 18.4 Å². The lowest BCUT2D eigenvalue weighted by Crippen LogP contribution is -2.35. The lowest BCUT2D eigenvalue weighted by atomic mass is 10.1. The van der Waals surface area contributed by atoms with Gasteiger partial charge >= 0.3 is 0 Å². The molecule has 1 aliphatic carbocycles. The van der Waals surface area contributed by atoms with Crippen LogP contribution in [0.5, 0.6) is 0 Å². The smallest absolute Gasteiger partial charge is 0.233 e. The first-order valence-corrected chi connectivity index (χ1v) is 7.63. The van der Waals surface area contributed by atoms with Crippen molar-refractivity contribution in [3.05, 3.63) is 29.8 Å². The van der Waals surface area contributed by atoms with E-state index in [-0.39, 0.29) is 5.91 Å². The number of benzene rings is 1. The van der Waals surface area contributed by atoms with Crippen LogP contribution in [0.25, 0.3) is 0 Å². The van der Waals surface area contributed by atoms with Gasteiger partial charge in [0.1, 0.15) is 0 Å². The van der Waals surface area contributed by atoms with Gasteiger partial charge in [0, 0.05) is 17.5 Å². The highest BCUT2D eigenvalue weighted by Crippen LogP contribution is 2.18. The lowest BCUT2D eigenvalue weighted by Gasteiger charge is -2.06. The molecule has 0 atom stereocenters. The number of hydrogen-bond acceptors (Lipinski definition) is 3. The molecule has 18 heavy (non-hydrogen) atoms. The molecule has 0 bridgehead atoms. The van der Waals surface area contributed by atoms with E-state index in [1.54, 1.807) is 11.8 Å². The first-order chi connectivity index (χ1) is 8.78. The highest BCUT2D eigenvalue weighted by Gasteiger charge is 2.20. The molecule has 1 fully saturated rings. The van der Waals surface area contributed by atoms with Crippen LogP contribution >= 0.6 is 11.8 Å². The van der Waals surface area contributed by atoms with Gasteiger partial charge in [-0.1, -0.05) is 12.1 Å². The van der Waals surface area contributed by atoms with Gasteiger partial charge in [0.25, 0.3) is 0 Å². The quantitative estimate of drug-likeness (QED) is 0.738. The largest absolute Gasteiger partial charge is 0.355 e. The number of amides is 1. The van der Waals surface area contributed by atoms with Gasteiger partial charge in [-0.3, -0.25) is 4.79 Å². The van der Waals surface area contributed by atoms with Crippen LogP contribution in [-0.2, 0) is 11.2 Å². The van der Waals surface area contributed by atoms with Crippen LogP contribution in [0.2, 0.25) is 0 Å². The summed E-state index contributed by atoms with van der Waals surface area (Å²) in [7, 11) is 0. The van der Waals surface area contributed by atoms with Crippen molar-refractivity contribution in [2.75, 3.05) is 19.3 Å². The van der Waals surface area contributed by atoms with Crippen molar-refractivity contribution in [1.82, 2.24) is 10.6 Å². The van der Waals surface area contributed by atoms with E-state index in [1.165, 1.54) is 23.3 Å². The third-order valence-electron chi connectivity index (χ3n) is 3.02.